The minimum atomic E-state index is 0.365. The summed E-state index contributed by atoms with van der Waals surface area (Å²) in [5.41, 5.74) is 3.10. The Morgan fingerprint density at radius 2 is 2.14 bits per heavy atom. The molecule has 4 heteroatoms. The van der Waals surface area contributed by atoms with Crippen molar-refractivity contribution in [1.82, 2.24) is 9.88 Å². The highest BCUT2D eigenvalue weighted by molar-refractivity contribution is 5.87. The standard InChI is InChI=1S/C17H21N3O/c1-2-13-11-20(10-9-17(13)19-21)12-15-8-7-14-5-3-4-6-16(14)18-15/h3-8,13,21H,2,9-12H2,1H3/b19-17+. The highest BCUT2D eigenvalue weighted by Gasteiger charge is 2.24. The summed E-state index contributed by atoms with van der Waals surface area (Å²) in [6.45, 7) is 4.89. The second kappa shape index (κ2) is 6.22. The van der Waals surface area contributed by atoms with Gasteiger partial charge in [0, 0.05) is 37.4 Å². The summed E-state index contributed by atoms with van der Waals surface area (Å²) in [6, 6.07) is 12.5. The topological polar surface area (TPSA) is 48.7 Å². The number of hydrogen-bond acceptors (Lipinski definition) is 4. The Bertz CT molecular complexity index is 653. The number of nitrogens with zero attached hydrogens (tertiary/aromatic N) is 3. The molecule has 1 unspecified atom stereocenters. The molecule has 1 aromatic heterocycles. The number of hydrogen-bond donors (Lipinski definition) is 1. The van der Waals surface area contributed by atoms with Crippen LogP contribution in [-0.4, -0.2) is 33.9 Å². The number of fused-ring (bicyclic) bond motifs is 1. The SMILES string of the molecule is CCC1CN(Cc2ccc3ccccc3n2)CC/C1=N\O. The van der Waals surface area contributed by atoms with E-state index in [0.29, 0.717) is 5.92 Å². The summed E-state index contributed by atoms with van der Waals surface area (Å²) < 4.78 is 0. The molecule has 0 amide bonds. The Morgan fingerprint density at radius 3 is 2.95 bits per heavy atom. The third kappa shape index (κ3) is 3.05. The Labute approximate surface area is 125 Å². The first kappa shape index (κ1) is 14.0. The molecule has 1 aliphatic rings. The predicted octanol–water partition coefficient (Wildman–Crippen LogP) is 3.30. The van der Waals surface area contributed by atoms with Crippen molar-refractivity contribution in [3.8, 4) is 0 Å². The van der Waals surface area contributed by atoms with E-state index in [4.69, 9.17) is 10.2 Å². The summed E-state index contributed by atoms with van der Waals surface area (Å²) in [6.07, 6.45) is 1.86. The predicted molar refractivity (Wildman–Crippen MR) is 84.6 cm³/mol. The molecule has 0 spiro atoms. The molecular formula is C17H21N3O. The molecule has 21 heavy (non-hydrogen) atoms. The van der Waals surface area contributed by atoms with Crippen LogP contribution >= 0.6 is 0 Å². The maximum atomic E-state index is 9.04. The quantitative estimate of drug-likeness (QED) is 0.694. The van der Waals surface area contributed by atoms with Crippen LogP contribution in [0.1, 0.15) is 25.5 Å². The number of aromatic nitrogens is 1. The van der Waals surface area contributed by atoms with Gasteiger partial charge in [-0.2, -0.15) is 0 Å². The van der Waals surface area contributed by atoms with E-state index in [9.17, 15) is 0 Å². The molecule has 0 radical (unpaired) electrons. The number of pyridine rings is 1. The van der Waals surface area contributed by atoms with Crippen LogP contribution in [0, 0.1) is 5.92 Å². The summed E-state index contributed by atoms with van der Waals surface area (Å²) >= 11 is 0. The molecular weight excluding hydrogens is 262 g/mol. The van der Waals surface area contributed by atoms with Crippen LogP contribution in [0.3, 0.4) is 0 Å². The van der Waals surface area contributed by atoms with Crippen molar-refractivity contribution in [3.05, 3.63) is 42.1 Å². The number of piperidine rings is 1. The van der Waals surface area contributed by atoms with Gasteiger partial charge in [0.25, 0.3) is 0 Å². The largest absolute Gasteiger partial charge is 0.411 e. The first-order chi connectivity index (χ1) is 10.3. The van der Waals surface area contributed by atoms with E-state index >= 15 is 0 Å². The molecule has 4 nitrogen and oxygen atoms in total. The molecule has 2 heterocycles. The molecule has 110 valence electrons. The van der Waals surface area contributed by atoms with Gasteiger partial charge in [0.1, 0.15) is 0 Å². The van der Waals surface area contributed by atoms with E-state index < -0.39 is 0 Å². The Kier molecular flexibility index (Phi) is 4.15. The molecule has 1 aliphatic heterocycles. The van der Waals surface area contributed by atoms with Crippen LogP contribution in [0.4, 0.5) is 0 Å². The van der Waals surface area contributed by atoms with E-state index in [2.05, 4.69) is 41.2 Å². The van der Waals surface area contributed by atoms with Gasteiger partial charge in [0.15, 0.2) is 0 Å². The molecule has 1 saturated heterocycles. The molecule has 1 aromatic carbocycles. The van der Waals surface area contributed by atoms with Crippen molar-refractivity contribution >= 4 is 16.6 Å². The van der Waals surface area contributed by atoms with Crippen molar-refractivity contribution in [2.24, 2.45) is 11.1 Å². The van der Waals surface area contributed by atoms with Gasteiger partial charge in [-0.05, 0) is 18.6 Å². The van der Waals surface area contributed by atoms with Crippen LogP contribution in [0.5, 0.6) is 0 Å². The monoisotopic (exact) mass is 283 g/mol. The van der Waals surface area contributed by atoms with E-state index in [1.165, 1.54) is 5.39 Å². The Balaban J connectivity index is 1.73. The molecule has 0 saturated carbocycles. The van der Waals surface area contributed by atoms with Gasteiger partial charge in [-0.3, -0.25) is 9.88 Å². The summed E-state index contributed by atoms with van der Waals surface area (Å²) in [5, 5.41) is 13.7. The van der Waals surface area contributed by atoms with E-state index in [-0.39, 0.29) is 0 Å². The lowest BCUT2D eigenvalue weighted by Crippen LogP contribution is -2.40. The van der Waals surface area contributed by atoms with Crippen molar-refractivity contribution in [1.29, 1.82) is 0 Å². The minimum absolute atomic E-state index is 0.365. The zero-order valence-electron chi connectivity index (χ0n) is 12.4. The van der Waals surface area contributed by atoms with E-state index in [0.717, 1.165) is 49.4 Å². The number of oxime groups is 1. The Morgan fingerprint density at radius 1 is 1.29 bits per heavy atom. The molecule has 0 bridgehead atoms. The van der Waals surface area contributed by atoms with Gasteiger partial charge in [0.2, 0.25) is 0 Å². The summed E-state index contributed by atoms with van der Waals surface area (Å²) in [5.74, 6) is 0.365. The number of rotatable bonds is 3. The van der Waals surface area contributed by atoms with Crippen molar-refractivity contribution in [2.45, 2.75) is 26.3 Å². The second-order valence-corrected chi connectivity index (χ2v) is 5.68. The van der Waals surface area contributed by atoms with Gasteiger partial charge in [-0.15, -0.1) is 0 Å². The fourth-order valence-electron chi connectivity index (χ4n) is 3.05. The third-order valence-electron chi connectivity index (χ3n) is 4.30. The van der Waals surface area contributed by atoms with E-state index in [1.807, 2.05) is 12.1 Å². The van der Waals surface area contributed by atoms with E-state index in [1.54, 1.807) is 0 Å². The number of likely N-dealkylation sites (tertiary alicyclic amines) is 1. The van der Waals surface area contributed by atoms with Gasteiger partial charge >= 0.3 is 0 Å². The smallest absolute Gasteiger partial charge is 0.0705 e. The summed E-state index contributed by atoms with van der Waals surface area (Å²) in [7, 11) is 0. The fourth-order valence-corrected chi connectivity index (χ4v) is 3.05. The zero-order valence-corrected chi connectivity index (χ0v) is 12.4. The maximum absolute atomic E-state index is 9.04. The van der Waals surface area contributed by atoms with Crippen molar-refractivity contribution < 1.29 is 5.21 Å². The van der Waals surface area contributed by atoms with Crippen LogP contribution < -0.4 is 0 Å². The zero-order chi connectivity index (χ0) is 14.7. The van der Waals surface area contributed by atoms with Crippen molar-refractivity contribution in [2.75, 3.05) is 13.1 Å². The van der Waals surface area contributed by atoms with Crippen molar-refractivity contribution in [3.63, 3.8) is 0 Å². The van der Waals surface area contributed by atoms with Gasteiger partial charge < -0.3 is 5.21 Å². The lowest BCUT2D eigenvalue weighted by molar-refractivity contribution is 0.218. The average molecular weight is 283 g/mol. The van der Waals surface area contributed by atoms with Gasteiger partial charge in [-0.1, -0.05) is 36.3 Å². The normalized spacial score (nSPS) is 22.0. The first-order valence-corrected chi connectivity index (χ1v) is 7.58. The van der Waals surface area contributed by atoms with Crippen LogP contribution in [-0.2, 0) is 6.54 Å². The summed E-state index contributed by atoms with van der Waals surface area (Å²) in [4.78, 5) is 7.14. The maximum Gasteiger partial charge on any atom is 0.0705 e. The average Bonchev–Trinajstić information content (AvgIpc) is 2.54. The minimum Gasteiger partial charge on any atom is -0.411 e. The molecule has 2 aromatic rings. The lowest BCUT2D eigenvalue weighted by Gasteiger charge is -2.32. The first-order valence-electron chi connectivity index (χ1n) is 7.58. The third-order valence-corrected chi connectivity index (χ3v) is 4.30. The highest BCUT2D eigenvalue weighted by Crippen LogP contribution is 2.20. The number of benzene rings is 1. The lowest BCUT2D eigenvalue weighted by atomic mass is 9.93. The Hall–Kier alpha value is -1.94. The fraction of sp³-hybridized carbons (Fsp3) is 0.412. The second-order valence-electron chi connectivity index (χ2n) is 5.68. The van der Waals surface area contributed by atoms with Gasteiger partial charge in [-0.25, -0.2) is 0 Å². The molecule has 1 N–H and O–H groups in total. The van der Waals surface area contributed by atoms with Gasteiger partial charge in [0.05, 0.1) is 16.9 Å². The molecule has 1 atom stereocenters. The van der Waals surface area contributed by atoms with Crippen LogP contribution in [0.2, 0.25) is 0 Å². The molecule has 0 aliphatic carbocycles. The molecule has 3 rings (SSSR count). The highest BCUT2D eigenvalue weighted by atomic mass is 16.4. The number of para-hydroxylation sites is 1. The van der Waals surface area contributed by atoms with Crippen LogP contribution in [0.15, 0.2) is 41.6 Å². The van der Waals surface area contributed by atoms with Crippen LogP contribution in [0.25, 0.3) is 10.9 Å². The molecule has 1 fully saturated rings.